The van der Waals surface area contributed by atoms with E-state index in [1.165, 1.54) is 19.1 Å². The third kappa shape index (κ3) is 2.19. The Morgan fingerprint density at radius 3 is 2.57 bits per heavy atom. The summed E-state index contributed by atoms with van der Waals surface area (Å²) in [5.74, 6) is 1.85. The van der Waals surface area contributed by atoms with E-state index in [9.17, 15) is 14.9 Å². The summed E-state index contributed by atoms with van der Waals surface area (Å²) in [6, 6.07) is 4.45. The van der Waals surface area contributed by atoms with Crippen LogP contribution in [0.5, 0.6) is 0 Å². The SMILES string of the molecule is C[Se]c1ccc([N+](=O)[O-])cc1C(C)=O. The van der Waals surface area contributed by atoms with Gasteiger partial charge in [-0.05, 0) is 0 Å². The van der Waals surface area contributed by atoms with Gasteiger partial charge in [-0.25, -0.2) is 0 Å². The molecule has 0 aliphatic heterocycles. The molecule has 1 aromatic carbocycles. The quantitative estimate of drug-likeness (QED) is 0.354. The van der Waals surface area contributed by atoms with Crippen LogP contribution in [-0.2, 0) is 0 Å². The number of rotatable bonds is 3. The predicted octanol–water partition coefficient (Wildman–Crippen LogP) is 1.18. The van der Waals surface area contributed by atoms with E-state index < -0.39 is 4.92 Å². The number of Topliss-reactive ketones (excluding diaryl/α,β-unsaturated/α-hetero) is 1. The average molecular weight is 258 g/mol. The molecule has 0 aliphatic rings. The van der Waals surface area contributed by atoms with Crippen LogP contribution in [-0.4, -0.2) is 25.7 Å². The maximum atomic E-state index is 11.2. The van der Waals surface area contributed by atoms with Gasteiger partial charge in [0.15, 0.2) is 0 Å². The van der Waals surface area contributed by atoms with Crippen LogP contribution in [0.1, 0.15) is 17.3 Å². The van der Waals surface area contributed by atoms with Gasteiger partial charge in [-0.1, -0.05) is 0 Å². The summed E-state index contributed by atoms with van der Waals surface area (Å²) in [7, 11) is 0. The molecule has 0 unspecified atom stereocenters. The van der Waals surface area contributed by atoms with Gasteiger partial charge in [-0.2, -0.15) is 0 Å². The van der Waals surface area contributed by atoms with Crippen LogP contribution in [0.25, 0.3) is 0 Å². The number of non-ortho nitro benzene ring substituents is 1. The molecule has 0 aliphatic carbocycles. The van der Waals surface area contributed by atoms with Crippen molar-refractivity contribution in [2.24, 2.45) is 0 Å². The molecule has 0 atom stereocenters. The molecule has 5 heteroatoms. The summed E-state index contributed by atoms with van der Waals surface area (Å²) in [6.45, 7) is 1.42. The monoisotopic (exact) mass is 259 g/mol. The van der Waals surface area contributed by atoms with Crippen molar-refractivity contribution in [2.75, 3.05) is 0 Å². The molecule has 74 valence electrons. The molecule has 0 fully saturated rings. The molecule has 4 nitrogen and oxygen atoms in total. The van der Waals surface area contributed by atoms with E-state index in [0.29, 0.717) is 5.56 Å². The molecule has 0 aromatic heterocycles. The Hall–Kier alpha value is -1.19. The maximum absolute atomic E-state index is 11.2. The number of nitrogens with zero attached hydrogens (tertiary/aromatic N) is 1. The third-order valence-electron chi connectivity index (χ3n) is 1.77. The summed E-state index contributed by atoms with van der Waals surface area (Å²) in [5, 5.41) is 10.5. The van der Waals surface area contributed by atoms with E-state index >= 15 is 0 Å². The topological polar surface area (TPSA) is 60.2 Å². The predicted molar refractivity (Wildman–Crippen MR) is 54.4 cm³/mol. The number of hydrogen-bond acceptors (Lipinski definition) is 3. The Labute approximate surface area is 87.6 Å². The molecule has 0 radical (unpaired) electrons. The number of benzene rings is 1. The molecule has 0 spiro atoms. The van der Waals surface area contributed by atoms with E-state index in [-0.39, 0.29) is 26.4 Å². The van der Waals surface area contributed by atoms with Crippen molar-refractivity contribution in [1.82, 2.24) is 0 Å². The van der Waals surface area contributed by atoms with E-state index in [1.807, 2.05) is 5.82 Å². The van der Waals surface area contributed by atoms with E-state index in [1.54, 1.807) is 6.07 Å². The van der Waals surface area contributed by atoms with Crippen molar-refractivity contribution < 1.29 is 9.72 Å². The molecule has 0 saturated carbocycles. The van der Waals surface area contributed by atoms with Crippen molar-refractivity contribution in [3.05, 3.63) is 33.9 Å². The minimum absolute atomic E-state index is 0.0248. The number of nitro groups is 1. The molecular weight excluding hydrogens is 249 g/mol. The average Bonchev–Trinajstić information content (AvgIpc) is 2.16. The van der Waals surface area contributed by atoms with Crippen LogP contribution in [0.2, 0.25) is 5.82 Å². The zero-order valence-corrected chi connectivity index (χ0v) is 9.53. The summed E-state index contributed by atoms with van der Waals surface area (Å²) < 4.78 is 0.913. The fourth-order valence-corrected chi connectivity index (χ4v) is 2.40. The Kier molecular flexibility index (Phi) is 3.38. The fraction of sp³-hybridized carbons (Fsp3) is 0.222. The number of hydrogen-bond donors (Lipinski definition) is 0. The second-order valence-electron chi connectivity index (χ2n) is 2.70. The second-order valence-corrected chi connectivity index (χ2v) is 4.48. The Balaban J connectivity index is 3.27. The summed E-state index contributed by atoms with van der Waals surface area (Å²) in [5.41, 5.74) is 0.449. The van der Waals surface area contributed by atoms with E-state index in [2.05, 4.69) is 0 Å². The van der Waals surface area contributed by atoms with Gasteiger partial charge in [0.2, 0.25) is 0 Å². The van der Waals surface area contributed by atoms with Crippen LogP contribution in [0.15, 0.2) is 18.2 Å². The molecule has 14 heavy (non-hydrogen) atoms. The van der Waals surface area contributed by atoms with Crippen molar-refractivity contribution in [3.8, 4) is 0 Å². The standard InChI is InChI=1S/C9H9NO3Se/c1-6(11)8-5-7(10(12)13)3-4-9(8)14-2/h3-5H,1-2H3. The van der Waals surface area contributed by atoms with E-state index in [0.717, 1.165) is 4.46 Å². The Bertz CT molecular complexity index is 390. The first-order valence-corrected chi connectivity index (χ1v) is 6.46. The Morgan fingerprint density at radius 2 is 2.14 bits per heavy atom. The normalized spacial score (nSPS) is 9.86. The van der Waals surface area contributed by atoms with Crippen molar-refractivity contribution in [1.29, 1.82) is 0 Å². The molecular formula is C9H9NO3Se. The van der Waals surface area contributed by atoms with Crippen molar-refractivity contribution >= 4 is 30.9 Å². The van der Waals surface area contributed by atoms with Gasteiger partial charge in [-0.15, -0.1) is 0 Å². The van der Waals surface area contributed by atoms with Gasteiger partial charge in [0.25, 0.3) is 0 Å². The van der Waals surface area contributed by atoms with Gasteiger partial charge in [0.1, 0.15) is 0 Å². The van der Waals surface area contributed by atoms with Crippen molar-refractivity contribution in [3.63, 3.8) is 0 Å². The molecule has 1 aromatic rings. The first kappa shape index (κ1) is 10.9. The zero-order valence-electron chi connectivity index (χ0n) is 7.81. The van der Waals surface area contributed by atoms with Gasteiger partial charge in [-0.3, -0.25) is 0 Å². The number of carbonyl (C=O) groups is 1. The second kappa shape index (κ2) is 4.35. The minimum atomic E-state index is -0.487. The van der Waals surface area contributed by atoms with Crippen LogP contribution in [0, 0.1) is 10.1 Å². The first-order valence-electron chi connectivity index (χ1n) is 3.89. The van der Waals surface area contributed by atoms with Gasteiger partial charge < -0.3 is 0 Å². The molecule has 1 rings (SSSR count). The molecule has 0 saturated heterocycles. The van der Waals surface area contributed by atoms with Crippen molar-refractivity contribution in [2.45, 2.75) is 12.7 Å². The Morgan fingerprint density at radius 1 is 1.50 bits per heavy atom. The van der Waals surface area contributed by atoms with Crippen LogP contribution in [0.4, 0.5) is 5.69 Å². The third-order valence-corrected chi connectivity index (χ3v) is 3.44. The van der Waals surface area contributed by atoms with E-state index in [4.69, 9.17) is 0 Å². The van der Waals surface area contributed by atoms with Gasteiger partial charge in [0.05, 0.1) is 0 Å². The molecule has 0 N–H and O–H groups in total. The number of ketones is 1. The molecule has 0 heterocycles. The van der Waals surface area contributed by atoms with Crippen LogP contribution < -0.4 is 4.46 Å². The number of nitro benzene ring substituents is 1. The zero-order chi connectivity index (χ0) is 10.7. The first-order chi connectivity index (χ1) is 6.56. The summed E-state index contributed by atoms with van der Waals surface area (Å²) in [6.07, 6.45) is 0. The summed E-state index contributed by atoms with van der Waals surface area (Å²) >= 11 is 0.177. The number of carbonyl (C=O) groups excluding carboxylic acids is 1. The van der Waals surface area contributed by atoms with Crippen LogP contribution in [0.3, 0.4) is 0 Å². The van der Waals surface area contributed by atoms with Crippen LogP contribution >= 0.6 is 0 Å². The fourth-order valence-electron chi connectivity index (χ4n) is 1.08. The molecule has 0 amide bonds. The van der Waals surface area contributed by atoms with Gasteiger partial charge in [0, 0.05) is 0 Å². The molecule has 0 bridgehead atoms. The summed E-state index contributed by atoms with van der Waals surface area (Å²) in [4.78, 5) is 21.2. The van der Waals surface area contributed by atoms with Gasteiger partial charge >= 0.3 is 87.2 Å².